The van der Waals surface area contributed by atoms with Gasteiger partial charge < -0.3 is 31.5 Å². The molecule has 20 nitrogen and oxygen atoms in total. The van der Waals surface area contributed by atoms with Gasteiger partial charge in [0, 0.05) is 11.4 Å². The molecule has 248 valence electrons. The fourth-order valence-electron chi connectivity index (χ4n) is 4.16. The molecule has 1 aliphatic rings. The van der Waals surface area contributed by atoms with Crippen molar-refractivity contribution in [2.24, 2.45) is 17.9 Å². The van der Waals surface area contributed by atoms with Crippen LogP contribution >= 0.6 is 11.3 Å². The standard InChI is InChI=1S/C24H30N10O10S2/c1-24(2)19(21(36)34(24)44-46(39,40)41)28-20(35)18(15-12-45-23(26)27-15)31-43-16(22(37)38)11-42-17-6-5-14(29-30-17)13-9-32(3)33(10-13)8-4-7-25/h5-6,9-10,12,16,19H,4,7-8,11,25H2,1-3H3,(H4-,26,27,28,35,37,38,39,40,41)/p+1/b31-18-/t16-,19+/m0/s1. The second-order valence-electron chi connectivity index (χ2n) is 10.3. The number of rotatable bonds is 15. The molecule has 0 aromatic carbocycles. The van der Waals surface area contributed by atoms with Crippen molar-refractivity contribution >= 4 is 50.4 Å². The second-order valence-corrected chi connectivity index (χ2v) is 12.2. The quantitative estimate of drug-likeness (QED) is 0.0390. The molecule has 1 aliphatic heterocycles. The summed E-state index contributed by atoms with van der Waals surface area (Å²) in [5.74, 6) is -3.55. The van der Waals surface area contributed by atoms with Crippen molar-refractivity contribution in [1.29, 1.82) is 0 Å². The van der Waals surface area contributed by atoms with Gasteiger partial charge in [-0.25, -0.2) is 9.78 Å². The summed E-state index contributed by atoms with van der Waals surface area (Å²) in [6.45, 7) is 3.38. The van der Waals surface area contributed by atoms with E-state index in [2.05, 4.69) is 29.9 Å². The molecular formula is C24H31N10O10S2+. The van der Waals surface area contributed by atoms with Crippen LogP contribution in [0.4, 0.5) is 5.13 Å². The van der Waals surface area contributed by atoms with Gasteiger partial charge in [-0.1, -0.05) is 5.16 Å². The number of hydrogen-bond donors (Lipinski definition) is 5. The van der Waals surface area contributed by atoms with E-state index < -0.39 is 58.2 Å². The maximum Gasteiger partial charge on any atom is 0.418 e. The molecule has 0 bridgehead atoms. The highest BCUT2D eigenvalue weighted by Crippen LogP contribution is 2.33. The van der Waals surface area contributed by atoms with Crippen LogP contribution in [0.15, 0.2) is 35.1 Å². The van der Waals surface area contributed by atoms with Gasteiger partial charge in [0.15, 0.2) is 17.9 Å². The van der Waals surface area contributed by atoms with Crippen molar-refractivity contribution in [3.05, 3.63) is 35.6 Å². The molecular weight excluding hydrogens is 652 g/mol. The lowest BCUT2D eigenvalue weighted by Crippen LogP contribution is -2.76. The molecule has 22 heteroatoms. The van der Waals surface area contributed by atoms with Crippen molar-refractivity contribution in [3.8, 4) is 17.1 Å². The number of aliphatic carboxylic acids is 1. The molecule has 3 aromatic rings. The van der Waals surface area contributed by atoms with Crippen LogP contribution in [0.25, 0.3) is 11.3 Å². The number of carbonyl (C=O) groups excluding carboxylic acids is 2. The number of β-lactam (4-membered cyclic amide) rings is 1. The monoisotopic (exact) mass is 683 g/mol. The third-order valence-electron chi connectivity index (χ3n) is 6.58. The molecule has 0 unspecified atom stereocenters. The predicted octanol–water partition coefficient (Wildman–Crippen LogP) is -1.75. The Bertz CT molecular complexity index is 1740. The van der Waals surface area contributed by atoms with Crippen LogP contribution in [0.3, 0.4) is 0 Å². The Morgan fingerprint density at radius 2 is 2.04 bits per heavy atom. The zero-order valence-corrected chi connectivity index (χ0v) is 26.3. The van der Waals surface area contributed by atoms with E-state index in [-0.39, 0.29) is 16.7 Å². The second kappa shape index (κ2) is 13.7. The number of anilines is 1. The summed E-state index contributed by atoms with van der Waals surface area (Å²) in [5, 5.41) is 25.6. The molecule has 3 aromatic heterocycles. The number of aryl methyl sites for hydroxylation is 2. The minimum absolute atomic E-state index is 0.0119. The minimum Gasteiger partial charge on any atom is -0.478 e. The number of nitrogen functional groups attached to an aromatic ring is 1. The summed E-state index contributed by atoms with van der Waals surface area (Å²) in [4.78, 5) is 46.7. The Labute approximate surface area is 265 Å². The first-order valence-corrected chi connectivity index (χ1v) is 15.6. The normalized spacial score (nSPS) is 16.9. The highest BCUT2D eigenvalue weighted by molar-refractivity contribution is 7.80. The Balaban J connectivity index is 1.44. The first kappa shape index (κ1) is 34.1. The summed E-state index contributed by atoms with van der Waals surface area (Å²) in [6.07, 6.45) is 2.81. The number of thiazole rings is 1. The molecule has 1 fully saturated rings. The van der Waals surface area contributed by atoms with Crippen LogP contribution < -0.4 is 26.2 Å². The Kier molecular flexibility index (Phi) is 10.2. The maximum atomic E-state index is 13.2. The molecule has 1 saturated heterocycles. The van der Waals surface area contributed by atoms with E-state index in [9.17, 15) is 27.9 Å². The molecule has 4 heterocycles. The van der Waals surface area contributed by atoms with Gasteiger partial charge in [-0.15, -0.1) is 30.5 Å². The van der Waals surface area contributed by atoms with Gasteiger partial charge in [0.05, 0.1) is 23.8 Å². The molecule has 2 atom stereocenters. The van der Waals surface area contributed by atoms with E-state index in [1.54, 1.807) is 6.07 Å². The van der Waals surface area contributed by atoms with Crippen LogP contribution in [-0.4, -0.2) is 97.3 Å². The number of nitrogens with one attached hydrogen (secondary N) is 1. The van der Waals surface area contributed by atoms with E-state index >= 15 is 0 Å². The molecule has 0 saturated carbocycles. The number of aromatic nitrogens is 5. The van der Waals surface area contributed by atoms with Crippen molar-refractivity contribution in [2.45, 2.75) is 44.5 Å². The van der Waals surface area contributed by atoms with Crippen LogP contribution in [-0.2, 0) is 47.5 Å². The van der Waals surface area contributed by atoms with E-state index in [1.165, 1.54) is 25.3 Å². The van der Waals surface area contributed by atoms with Gasteiger partial charge in [-0.3, -0.25) is 14.1 Å². The first-order chi connectivity index (χ1) is 21.6. The van der Waals surface area contributed by atoms with Gasteiger partial charge in [0.25, 0.3) is 17.9 Å². The number of carboxylic acid groups (broad SMARTS) is 1. The number of hydrogen-bond acceptors (Lipinski definition) is 15. The summed E-state index contributed by atoms with van der Waals surface area (Å²) < 4.78 is 44.7. The van der Waals surface area contributed by atoms with Gasteiger partial charge in [0.1, 0.15) is 24.0 Å². The Morgan fingerprint density at radius 3 is 2.61 bits per heavy atom. The Hall–Kier alpha value is -4.77. The van der Waals surface area contributed by atoms with Gasteiger partial charge in [-0.2, -0.15) is 18.2 Å². The summed E-state index contributed by atoms with van der Waals surface area (Å²) in [5.41, 5.74) is 10.5. The first-order valence-electron chi connectivity index (χ1n) is 13.3. The number of nitrogens with two attached hydrogens (primary N) is 2. The SMILES string of the molecule is C[n+]1cc(-c2ccc(OC[C@H](O/N=C(\C(=O)N[C@@H]3C(=O)N(OS(=O)(=O)O)C3(C)C)c3csc(N)n3)C(=O)O)nn2)cn1CCCN. The average molecular weight is 684 g/mol. The number of oxime groups is 1. The Morgan fingerprint density at radius 1 is 1.30 bits per heavy atom. The van der Waals surface area contributed by atoms with Crippen molar-refractivity contribution in [1.82, 2.24) is 30.2 Å². The lowest BCUT2D eigenvalue weighted by molar-refractivity contribution is -0.753. The van der Waals surface area contributed by atoms with Crippen molar-refractivity contribution in [2.75, 3.05) is 18.9 Å². The predicted molar refractivity (Wildman–Crippen MR) is 157 cm³/mol. The van der Waals surface area contributed by atoms with Crippen LogP contribution in [0.1, 0.15) is 26.0 Å². The smallest absolute Gasteiger partial charge is 0.418 e. The number of ether oxygens (including phenoxy) is 1. The molecule has 0 spiro atoms. The number of carboxylic acids is 1. The lowest BCUT2D eigenvalue weighted by atomic mass is 9.84. The third kappa shape index (κ3) is 7.89. The minimum atomic E-state index is -5.02. The topological polar surface area (TPSA) is 281 Å². The molecule has 4 rings (SSSR count). The number of amides is 2. The summed E-state index contributed by atoms with van der Waals surface area (Å²) in [6, 6.07) is 1.79. The molecule has 0 aliphatic carbocycles. The lowest BCUT2D eigenvalue weighted by Gasteiger charge is -2.50. The summed E-state index contributed by atoms with van der Waals surface area (Å²) >= 11 is 0.946. The zero-order valence-electron chi connectivity index (χ0n) is 24.6. The van der Waals surface area contributed by atoms with Crippen molar-refractivity contribution < 1.29 is 51.0 Å². The zero-order chi connectivity index (χ0) is 33.8. The largest absolute Gasteiger partial charge is 0.478 e. The van der Waals surface area contributed by atoms with E-state index in [1.807, 2.05) is 28.8 Å². The van der Waals surface area contributed by atoms with Gasteiger partial charge >= 0.3 is 16.4 Å². The van der Waals surface area contributed by atoms with Crippen LogP contribution in [0.5, 0.6) is 5.88 Å². The van der Waals surface area contributed by atoms with E-state index in [4.69, 9.17) is 25.6 Å². The third-order valence-corrected chi connectivity index (χ3v) is 7.59. The number of carbonyl (C=O) groups is 3. The fourth-order valence-corrected chi connectivity index (χ4v) is 5.17. The van der Waals surface area contributed by atoms with Crippen LogP contribution in [0.2, 0.25) is 0 Å². The number of nitrogens with zero attached hydrogens (tertiary/aromatic N) is 7. The average Bonchev–Trinajstić information content (AvgIpc) is 3.59. The molecule has 7 N–H and O–H groups in total. The van der Waals surface area contributed by atoms with E-state index in [0.29, 0.717) is 17.3 Å². The van der Waals surface area contributed by atoms with Crippen LogP contribution in [0, 0.1) is 0 Å². The van der Waals surface area contributed by atoms with Crippen molar-refractivity contribution in [3.63, 3.8) is 0 Å². The molecule has 2 amide bonds. The highest BCUT2D eigenvalue weighted by Gasteiger charge is 2.58. The van der Waals surface area contributed by atoms with Gasteiger partial charge in [-0.05, 0) is 32.9 Å². The molecule has 46 heavy (non-hydrogen) atoms. The van der Waals surface area contributed by atoms with E-state index in [0.717, 1.165) is 29.9 Å². The highest BCUT2D eigenvalue weighted by atomic mass is 32.3. The fraction of sp³-hybridized carbons (Fsp3) is 0.417. The summed E-state index contributed by atoms with van der Waals surface area (Å²) in [7, 11) is -3.15. The molecule has 0 radical (unpaired) electrons. The van der Waals surface area contributed by atoms with Gasteiger partial charge in [0.2, 0.25) is 12.1 Å². The number of hydroxylamine groups is 2. The maximum absolute atomic E-state index is 13.2.